The van der Waals surface area contributed by atoms with Crippen molar-refractivity contribution in [3.8, 4) is 6.07 Å². The molecule has 0 atom stereocenters. The number of rotatable bonds is 2. The SMILES string of the molecule is CC1=CC(=C(C#N)c2nc3ccccc3s2)C=C(C)N1c1cc(C)ccc1C. The highest BCUT2D eigenvalue weighted by Crippen LogP contribution is 2.36. The quantitative estimate of drug-likeness (QED) is 0.473. The van der Waals surface area contributed by atoms with Gasteiger partial charge >= 0.3 is 0 Å². The van der Waals surface area contributed by atoms with E-state index >= 15 is 0 Å². The van der Waals surface area contributed by atoms with Crippen molar-refractivity contribution in [3.63, 3.8) is 0 Å². The van der Waals surface area contributed by atoms with Crippen LogP contribution in [0, 0.1) is 25.2 Å². The minimum Gasteiger partial charge on any atom is -0.318 e. The van der Waals surface area contributed by atoms with Crippen LogP contribution >= 0.6 is 11.3 Å². The van der Waals surface area contributed by atoms with E-state index in [0.717, 1.165) is 32.2 Å². The van der Waals surface area contributed by atoms with Crippen LogP contribution in [0.25, 0.3) is 15.8 Å². The van der Waals surface area contributed by atoms with Crippen LogP contribution in [0.15, 0.2) is 71.6 Å². The number of thiazole rings is 1. The van der Waals surface area contributed by atoms with Crippen LogP contribution in [0.2, 0.25) is 0 Å². The smallest absolute Gasteiger partial charge is 0.135 e. The predicted molar refractivity (Wildman–Crippen MR) is 118 cm³/mol. The van der Waals surface area contributed by atoms with E-state index in [4.69, 9.17) is 0 Å². The molecular formula is C24H21N3S. The summed E-state index contributed by atoms with van der Waals surface area (Å²) >= 11 is 1.56. The van der Waals surface area contributed by atoms with Crippen molar-refractivity contribution in [1.29, 1.82) is 5.26 Å². The average Bonchev–Trinajstić information content (AvgIpc) is 3.08. The van der Waals surface area contributed by atoms with Crippen molar-refractivity contribution in [3.05, 3.63) is 87.7 Å². The van der Waals surface area contributed by atoms with Gasteiger partial charge in [0.05, 0.1) is 15.8 Å². The van der Waals surface area contributed by atoms with Crippen molar-refractivity contribution >= 4 is 32.8 Å². The predicted octanol–water partition coefficient (Wildman–Crippen LogP) is 6.52. The molecule has 28 heavy (non-hydrogen) atoms. The molecule has 0 spiro atoms. The largest absolute Gasteiger partial charge is 0.318 e. The molecule has 4 rings (SSSR count). The third kappa shape index (κ3) is 3.15. The highest BCUT2D eigenvalue weighted by atomic mass is 32.1. The first kappa shape index (κ1) is 18.2. The van der Waals surface area contributed by atoms with Gasteiger partial charge in [-0.3, -0.25) is 0 Å². The first-order chi connectivity index (χ1) is 13.5. The molecule has 2 heterocycles. The van der Waals surface area contributed by atoms with E-state index in [0.29, 0.717) is 5.57 Å². The van der Waals surface area contributed by atoms with E-state index in [9.17, 15) is 5.26 Å². The van der Waals surface area contributed by atoms with Gasteiger partial charge in [0.1, 0.15) is 11.1 Å². The van der Waals surface area contributed by atoms with E-state index in [1.54, 1.807) is 11.3 Å². The summed E-state index contributed by atoms with van der Waals surface area (Å²) in [6.45, 7) is 8.41. The molecule has 1 aliphatic rings. The summed E-state index contributed by atoms with van der Waals surface area (Å²) in [5.74, 6) is 0. The molecule has 3 nitrogen and oxygen atoms in total. The van der Waals surface area contributed by atoms with Gasteiger partial charge in [-0.2, -0.15) is 5.26 Å². The van der Waals surface area contributed by atoms with Crippen molar-refractivity contribution in [2.24, 2.45) is 0 Å². The fourth-order valence-corrected chi connectivity index (χ4v) is 4.58. The number of aromatic nitrogens is 1. The third-order valence-corrected chi connectivity index (χ3v) is 6.00. The molecule has 3 aromatic rings. The van der Waals surface area contributed by atoms with Crippen LogP contribution in [-0.2, 0) is 0 Å². The molecule has 1 aliphatic heterocycles. The van der Waals surface area contributed by atoms with Crippen LogP contribution < -0.4 is 4.90 Å². The van der Waals surface area contributed by atoms with Crippen LogP contribution in [0.1, 0.15) is 30.0 Å². The minimum atomic E-state index is 0.625. The second-order valence-corrected chi connectivity index (χ2v) is 8.16. The lowest BCUT2D eigenvalue weighted by Gasteiger charge is -2.31. The molecule has 0 amide bonds. The van der Waals surface area contributed by atoms with Gasteiger partial charge in [-0.05, 0) is 74.7 Å². The molecule has 4 heteroatoms. The normalized spacial score (nSPS) is 14.0. The maximum Gasteiger partial charge on any atom is 0.135 e. The zero-order valence-corrected chi connectivity index (χ0v) is 17.3. The lowest BCUT2D eigenvalue weighted by Crippen LogP contribution is -2.22. The Bertz CT molecular complexity index is 1160. The standard InChI is InChI=1S/C24H21N3S/c1-15-9-10-16(2)22(11-15)27-17(3)12-19(13-18(27)4)20(14-25)24-26-21-7-5-6-8-23(21)28-24/h5-13H,1-4H3. The highest BCUT2D eigenvalue weighted by Gasteiger charge is 2.20. The number of aryl methyl sites for hydroxylation is 2. The first-order valence-electron chi connectivity index (χ1n) is 9.22. The van der Waals surface area contributed by atoms with Crippen LogP contribution in [-0.4, -0.2) is 4.98 Å². The molecule has 0 bridgehead atoms. The van der Waals surface area contributed by atoms with Crippen molar-refractivity contribution in [2.45, 2.75) is 27.7 Å². The van der Waals surface area contributed by atoms with Crippen LogP contribution in [0.4, 0.5) is 5.69 Å². The molecule has 0 N–H and O–H groups in total. The molecular weight excluding hydrogens is 362 g/mol. The lowest BCUT2D eigenvalue weighted by molar-refractivity contribution is 1.03. The molecule has 0 saturated carbocycles. The topological polar surface area (TPSA) is 39.9 Å². The highest BCUT2D eigenvalue weighted by molar-refractivity contribution is 7.19. The average molecular weight is 384 g/mol. The summed E-state index contributed by atoms with van der Waals surface area (Å²) in [6.07, 6.45) is 4.17. The van der Waals surface area contributed by atoms with Gasteiger partial charge in [0.25, 0.3) is 0 Å². The summed E-state index contributed by atoms with van der Waals surface area (Å²) in [5, 5.41) is 10.6. The van der Waals surface area contributed by atoms with Gasteiger partial charge in [0.15, 0.2) is 0 Å². The first-order valence-corrected chi connectivity index (χ1v) is 10.0. The van der Waals surface area contributed by atoms with E-state index < -0.39 is 0 Å². The molecule has 1 aromatic heterocycles. The Kier molecular flexibility index (Phi) is 4.62. The van der Waals surface area contributed by atoms with Crippen LogP contribution in [0.5, 0.6) is 0 Å². The number of fused-ring (bicyclic) bond motifs is 1. The van der Waals surface area contributed by atoms with Gasteiger partial charge in [-0.1, -0.05) is 24.3 Å². The van der Waals surface area contributed by atoms with Crippen molar-refractivity contribution < 1.29 is 0 Å². The fraction of sp³-hybridized carbons (Fsp3) is 0.167. The summed E-state index contributed by atoms with van der Waals surface area (Å²) < 4.78 is 1.10. The van der Waals surface area contributed by atoms with E-state index in [1.165, 1.54) is 16.8 Å². The second-order valence-electron chi connectivity index (χ2n) is 7.13. The van der Waals surface area contributed by atoms with Crippen molar-refractivity contribution in [2.75, 3.05) is 4.90 Å². The Morgan fingerprint density at radius 1 is 1.00 bits per heavy atom. The summed E-state index contributed by atoms with van der Waals surface area (Å²) in [4.78, 5) is 6.93. The molecule has 2 aromatic carbocycles. The molecule has 138 valence electrons. The number of hydrogen-bond donors (Lipinski definition) is 0. The van der Waals surface area contributed by atoms with Gasteiger partial charge in [0, 0.05) is 17.1 Å². The monoisotopic (exact) mass is 383 g/mol. The Morgan fingerprint density at radius 3 is 2.39 bits per heavy atom. The Labute approximate surface area is 169 Å². The summed E-state index contributed by atoms with van der Waals surface area (Å²) in [5.41, 5.74) is 8.30. The van der Waals surface area contributed by atoms with E-state index in [2.05, 4.69) is 74.0 Å². The number of benzene rings is 2. The number of anilines is 1. The summed E-state index contributed by atoms with van der Waals surface area (Å²) in [7, 11) is 0. The Morgan fingerprint density at radius 2 is 1.71 bits per heavy atom. The van der Waals surface area contributed by atoms with Gasteiger partial charge in [0.2, 0.25) is 0 Å². The Balaban J connectivity index is 1.82. The molecule has 0 unspecified atom stereocenters. The molecule has 0 aliphatic carbocycles. The zero-order valence-electron chi connectivity index (χ0n) is 16.4. The third-order valence-electron chi connectivity index (χ3n) is 4.95. The maximum absolute atomic E-state index is 9.88. The number of hydrogen-bond acceptors (Lipinski definition) is 4. The minimum absolute atomic E-state index is 0.625. The number of allylic oxidation sites excluding steroid dienone is 6. The molecule has 0 saturated heterocycles. The van der Waals surface area contributed by atoms with Crippen molar-refractivity contribution in [1.82, 2.24) is 4.98 Å². The molecule has 0 radical (unpaired) electrons. The number of para-hydroxylation sites is 1. The van der Waals surface area contributed by atoms with Gasteiger partial charge < -0.3 is 4.90 Å². The van der Waals surface area contributed by atoms with Crippen LogP contribution in [0.3, 0.4) is 0 Å². The summed E-state index contributed by atoms with van der Waals surface area (Å²) in [6, 6.07) is 16.9. The fourth-order valence-electron chi connectivity index (χ4n) is 3.60. The molecule has 0 fully saturated rings. The van der Waals surface area contributed by atoms with E-state index in [1.807, 2.05) is 24.3 Å². The van der Waals surface area contributed by atoms with E-state index in [-0.39, 0.29) is 0 Å². The maximum atomic E-state index is 9.88. The van der Waals surface area contributed by atoms with Gasteiger partial charge in [-0.15, -0.1) is 11.3 Å². The Hall–Kier alpha value is -3.16. The van der Waals surface area contributed by atoms with Gasteiger partial charge in [-0.25, -0.2) is 4.98 Å². The number of nitrogens with zero attached hydrogens (tertiary/aromatic N) is 3. The number of nitriles is 1. The zero-order chi connectivity index (χ0) is 19.8. The lowest BCUT2D eigenvalue weighted by atomic mass is 10.0. The second kappa shape index (κ2) is 7.10.